The molecule has 1 saturated heterocycles. The average Bonchev–Trinajstić information content (AvgIpc) is 2.79. The Morgan fingerprint density at radius 3 is 2.65 bits per heavy atom. The summed E-state index contributed by atoms with van der Waals surface area (Å²) in [5, 5.41) is 9.37. The van der Waals surface area contributed by atoms with Gasteiger partial charge in [0.2, 0.25) is 0 Å². The summed E-state index contributed by atoms with van der Waals surface area (Å²) in [5.41, 5.74) is -0.162. The molecule has 0 saturated carbocycles. The van der Waals surface area contributed by atoms with E-state index in [9.17, 15) is 4.79 Å². The van der Waals surface area contributed by atoms with Crippen molar-refractivity contribution in [2.45, 2.75) is 58.9 Å². The number of carbonyl (C=O) groups is 1. The van der Waals surface area contributed by atoms with E-state index in [0.717, 1.165) is 5.56 Å². The van der Waals surface area contributed by atoms with Gasteiger partial charge in [-0.3, -0.25) is 4.90 Å². The normalized spacial score (nSPS) is 19.2. The van der Waals surface area contributed by atoms with Gasteiger partial charge in [0, 0.05) is 0 Å². The number of nitrogens with zero attached hydrogens (tertiary/aromatic N) is 2. The molecule has 142 valence electrons. The van der Waals surface area contributed by atoms with Crippen LogP contribution in [0.2, 0.25) is 5.02 Å². The first-order valence-corrected chi connectivity index (χ1v) is 8.82. The van der Waals surface area contributed by atoms with Crippen molar-refractivity contribution in [1.29, 1.82) is 5.26 Å². The molecule has 1 aliphatic heterocycles. The number of nitriles is 1. The van der Waals surface area contributed by atoms with Gasteiger partial charge >= 0.3 is 6.09 Å². The third-order valence-corrected chi connectivity index (χ3v) is 4.22. The Labute approximate surface area is 159 Å². The van der Waals surface area contributed by atoms with Gasteiger partial charge in [-0.25, -0.2) is 4.79 Å². The SMILES string of the molecule is Cc1cc(C#N)cc(Cl)c1OC[C@H]1COC(C)(C)N1C(=O)OC(C)(C)C. The van der Waals surface area contributed by atoms with E-state index in [1.807, 2.05) is 41.5 Å². The van der Waals surface area contributed by atoms with Crippen LogP contribution in [0.5, 0.6) is 5.75 Å². The van der Waals surface area contributed by atoms with Crippen LogP contribution in [0.1, 0.15) is 45.7 Å². The minimum atomic E-state index is -0.792. The minimum Gasteiger partial charge on any atom is -0.490 e. The second-order valence-electron chi connectivity index (χ2n) is 7.79. The van der Waals surface area contributed by atoms with E-state index in [1.165, 1.54) is 0 Å². The Kier molecular flexibility index (Phi) is 5.74. The van der Waals surface area contributed by atoms with Gasteiger partial charge in [0.25, 0.3) is 0 Å². The summed E-state index contributed by atoms with van der Waals surface area (Å²) in [5.74, 6) is 0.500. The summed E-state index contributed by atoms with van der Waals surface area (Å²) in [7, 11) is 0. The third kappa shape index (κ3) is 4.60. The van der Waals surface area contributed by atoms with Gasteiger partial charge in [0.05, 0.1) is 29.3 Å². The van der Waals surface area contributed by atoms with Crippen LogP contribution < -0.4 is 4.74 Å². The van der Waals surface area contributed by atoms with Crippen LogP contribution in [-0.4, -0.2) is 41.6 Å². The highest BCUT2D eigenvalue weighted by molar-refractivity contribution is 6.32. The fourth-order valence-electron chi connectivity index (χ4n) is 2.84. The molecule has 0 spiro atoms. The van der Waals surface area contributed by atoms with E-state index < -0.39 is 17.4 Å². The van der Waals surface area contributed by atoms with E-state index in [4.69, 9.17) is 31.1 Å². The maximum atomic E-state index is 12.6. The number of benzene rings is 1. The van der Waals surface area contributed by atoms with Gasteiger partial charge in [0.1, 0.15) is 23.7 Å². The fraction of sp³-hybridized carbons (Fsp3) is 0.579. The zero-order valence-electron chi connectivity index (χ0n) is 16.1. The van der Waals surface area contributed by atoms with E-state index in [-0.39, 0.29) is 12.6 Å². The largest absolute Gasteiger partial charge is 0.490 e. The maximum absolute atomic E-state index is 12.6. The predicted octanol–water partition coefficient (Wildman–Crippen LogP) is 4.27. The van der Waals surface area contributed by atoms with Gasteiger partial charge in [-0.1, -0.05) is 11.6 Å². The molecule has 0 aliphatic carbocycles. The van der Waals surface area contributed by atoms with Gasteiger partial charge < -0.3 is 14.2 Å². The zero-order chi connectivity index (χ0) is 19.7. The molecule has 1 aromatic rings. The number of amides is 1. The number of hydrogen-bond donors (Lipinski definition) is 0. The van der Waals surface area contributed by atoms with Crippen molar-refractivity contribution >= 4 is 17.7 Å². The number of rotatable bonds is 3. The predicted molar refractivity (Wildman–Crippen MR) is 98.3 cm³/mol. The Morgan fingerprint density at radius 2 is 2.12 bits per heavy atom. The van der Waals surface area contributed by atoms with E-state index >= 15 is 0 Å². The molecule has 0 N–H and O–H groups in total. The molecular weight excluding hydrogens is 356 g/mol. The first-order chi connectivity index (χ1) is 11.9. The van der Waals surface area contributed by atoms with Gasteiger partial charge in [-0.05, 0) is 59.2 Å². The van der Waals surface area contributed by atoms with Gasteiger partial charge in [-0.2, -0.15) is 5.26 Å². The molecule has 26 heavy (non-hydrogen) atoms. The summed E-state index contributed by atoms with van der Waals surface area (Å²) < 4.78 is 17.1. The van der Waals surface area contributed by atoms with Crippen LogP contribution in [0, 0.1) is 18.3 Å². The van der Waals surface area contributed by atoms with Crippen molar-refractivity contribution in [3.63, 3.8) is 0 Å². The fourth-order valence-corrected chi connectivity index (χ4v) is 3.17. The second kappa shape index (κ2) is 7.34. The molecule has 1 fully saturated rings. The highest BCUT2D eigenvalue weighted by atomic mass is 35.5. The minimum absolute atomic E-state index is 0.204. The van der Waals surface area contributed by atoms with Crippen LogP contribution in [-0.2, 0) is 9.47 Å². The summed E-state index contributed by atoms with van der Waals surface area (Å²) in [4.78, 5) is 14.2. The molecule has 1 aliphatic rings. The van der Waals surface area contributed by atoms with Crippen molar-refractivity contribution < 1.29 is 19.0 Å². The molecule has 2 rings (SSSR count). The smallest absolute Gasteiger partial charge is 0.413 e. The molecular formula is C19H25ClN2O4. The molecule has 7 heteroatoms. The lowest BCUT2D eigenvalue weighted by Gasteiger charge is -2.35. The molecule has 1 aromatic carbocycles. The molecule has 1 heterocycles. The lowest BCUT2D eigenvalue weighted by molar-refractivity contribution is -0.0637. The summed E-state index contributed by atoms with van der Waals surface area (Å²) in [6, 6.07) is 5.01. The van der Waals surface area contributed by atoms with Gasteiger partial charge in [0.15, 0.2) is 0 Å². The highest BCUT2D eigenvalue weighted by Crippen LogP contribution is 2.33. The molecule has 6 nitrogen and oxygen atoms in total. The first kappa shape index (κ1) is 20.3. The van der Waals surface area contributed by atoms with Crippen molar-refractivity contribution in [3.8, 4) is 11.8 Å². The first-order valence-electron chi connectivity index (χ1n) is 8.44. The van der Waals surface area contributed by atoms with E-state index in [0.29, 0.717) is 22.9 Å². The van der Waals surface area contributed by atoms with Crippen LogP contribution in [0.4, 0.5) is 4.79 Å². The monoisotopic (exact) mass is 380 g/mol. The molecule has 0 bridgehead atoms. The molecule has 0 radical (unpaired) electrons. The number of hydrogen-bond acceptors (Lipinski definition) is 5. The lowest BCUT2D eigenvalue weighted by atomic mass is 10.1. The highest BCUT2D eigenvalue weighted by Gasteiger charge is 2.46. The van der Waals surface area contributed by atoms with Crippen LogP contribution in [0.25, 0.3) is 0 Å². The Morgan fingerprint density at radius 1 is 1.46 bits per heavy atom. The standard InChI is InChI=1S/C19H25ClN2O4/c1-12-7-13(9-21)8-15(20)16(12)24-10-14-11-25-19(5,6)22(14)17(23)26-18(2,3)4/h7-8,14H,10-11H2,1-6H3/t14-/m0/s1. The number of aryl methyl sites for hydroxylation is 1. The van der Waals surface area contributed by atoms with Crippen molar-refractivity contribution in [3.05, 3.63) is 28.3 Å². The van der Waals surface area contributed by atoms with Crippen LogP contribution >= 0.6 is 11.6 Å². The van der Waals surface area contributed by atoms with E-state index in [2.05, 4.69) is 6.07 Å². The van der Waals surface area contributed by atoms with Crippen molar-refractivity contribution in [2.24, 2.45) is 0 Å². The third-order valence-electron chi connectivity index (χ3n) is 3.94. The summed E-state index contributed by atoms with van der Waals surface area (Å²) >= 11 is 6.23. The lowest BCUT2D eigenvalue weighted by Crippen LogP contribution is -2.51. The van der Waals surface area contributed by atoms with Crippen LogP contribution in [0.15, 0.2) is 12.1 Å². The molecule has 1 amide bonds. The number of halogens is 1. The zero-order valence-corrected chi connectivity index (χ0v) is 16.8. The van der Waals surface area contributed by atoms with Gasteiger partial charge in [-0.15, -0.1) is 0 Å². The van der Waals surface area contributed by atoms with Crippen LogP contribution in [0.3, 0.4) is 0 Å². The maximum Gasteiger partial charge on any atom is 0.413 e. The summed E-state index contributed by atoms with van der Waals surface area (Å²) in [6.45, 7) is 11.4. The van der Waals surface area contributed by atoms with E-state index in [1.54, 1.807) is 17.0 Å². The molecule has 0 unspecified atom stereocenters. The molecule has 1 atom stereocenters. The number of carbonyl (C=O) groups excluding carboxylic acids is 1. The van der Waals surface area contributed by atoms with Crippen molar-refractivity contribution in [1.82, 2.24) is 4.90 Å². The Bertz CT molecular complexity index is 711. The second-order valence-corrected chi connectivity index (χ2v) is 8.20. The average molecular weight is 381 g/mol. The topological polar surface area (TPSA) is 71.8 Å². The Balaban J connectivity index is 2.16. The quantitative estimate of drug-likeness (QED) is 0.782. The van der Waals surface area contributed by atoms with Crippen molar-refractivity contribution in [2.75, 3.05) is 13.2 Å². The molecule has 0 aromatic heterocycles. The summed E-state index contributed by atoms with van der Waals surface area (Å²) in [6.07, 6.45) is -0.448. The Hall–Kier alpha value is -1.97. The number of ether oxygens (including phenoxy) is 3.